The quantitative estimate of drug-likeness (QED) is 0.258. The van der Waals surface area contributed by atoms with Gasteiger partial charge in [-0.25, -0.2) is 4.39 Å². The number of aromatic hydroxyl groups is 1. The molecule has 0 fully saturated rings. The number of nitrogens with zero attached hydrogens (tertiary/aromatic N) is 1. The molecular formula is C6H7ClFN2NaO7S2. The molecule has 110 valence electrons. The summed E-state index contributed by atoms with van der Waals surface area (Å²) in [6.07, 6.45) is 0. The van der Waals surface area contributed by atoms with E-state index in [0.29, 0.717) is 12.1 Å². The van der Waals surface area contributed by atoms with Gasteiger partial charge in [0, 0.05) is 6.07 Å². The van der Waals surface area contributed by atoms with Crippen LogP contribution in [0, 0.1) is 5.82 Å². The van der Waals surface area contributed by atoms with Crippen molar-refractivity contribution in [3.8, 4) is 5.75 Å². The van der Waals surface area contributed by atoms with E-state index in [1.165, 1.54) is 0 Å². The zero-order valence-corrected chi connectivity index (χ0v) is 14.0. The van der Waals surface area contributed by atoms with Crippen LogP contribution in [0.25, 0.3) is 0 Å². The number of hydrazine groups is 1. The van der Waals surface area contributed by atoms with E-state index >= 15 is 0 Å². The number of nitrogens with one attached hydrogen (secondary N) is 1. The van der Waals surface area contributed by atoms with Crippen LogP contribution >= 0.6 is 11.6 Å². The molecule has 0 atom stereocenters. The number of phenolic OH excluding ortho intramolecular Hbond substituents is 1. The molecule has 0 heterocycles. The fourth-order valence-corrected chi connectivity index (χ4v) is 2.51. The van der Waals surface area contributed by atoms with E-state index in [1.54, 1.807) is 0 Å². The Morgan fingerprint density at radius 3 is 2.15 bits per heavy atom. The molecular weight excluding hydrogens is 354 g/mol. The summed E-state index contributed by atoms with van der Waals surface area (Å²) >= 11 is 5.33. The predicted molar refractivity (Wildman–Crippen MR) is 62.9 cm³/mol. The van der Waals surface area contributed by atoms with Crippen LogP contribution in [-0.2, 0) is 20.6 Å². The SMILES string of the molecule is O=S(=O)(O)NN(c1cc(O)c(Cl)cc1F)S(=O)(=O)O.[H-].[Na+]. The second-order valence-corrected chi connectivity index (χ2v) is 5.86. The van der Waals surface area contributed by atoms with Gasteiger partial charge in [-0.15, -0.1) is 0 Å². The van der Waals surface area contributed by atoms with E-state index in [0.717, 1.165) is 4.83 Å². The van der Waals surface area contributed by atoms with Crippen molar-refractivity contribution >= 4 is 37.9 Å². The molecule has 1 aromatic rings. The third kappa shape index (κ3) is 5.31. The minimum Gasteiger partial charge on any atom is -1.00 e. The predicted octanol–water partition coefficient (Wildman–Crippen LogP) is -2.78. The van der Waals surface area contributed by atoms with Gasteiger partial charge in [-0.2, -0.15) is 21.2 Å². The van der Waals surface area contributed by atoms with Crippen LogP contribution in [0.4, 0.5) is 10.1 Å². The smallest absolute Gasteiger partial charge is 1.00 e. The Labute approximate surface area is 141 Å². The van der Waals surface area contributed by atoms with Crippen LogP contribution in [0.3, 0.4) is 0 Å². The van der Waals surface area contributed by atoms with Gasteiger partial charge in [0.1, 0.15) is 11.4 Å². The van der Waals surface area contributed by atoms with Crippen LogP contribution in [0.5, 0.6) is 5.75 Å². The Kier molecular flexibility index (Phi) is 6.66. The first kappa shape index (κ1) is 19.8. The van der Waals surface area contributed by atoms with E-state index in [1.807, 2.05) is 0 Å². The third-order valence-corrected chi connectivity index (χ3v) is 3.25. The maximum atomic E-state index is 13.5. The van der Waals surface area contributed by atoms with Crippen molar-refractivity contribution in [1.82, 2.24) is 4.83 Å². The first-order valence-electron chi connectivity index (χ1n) is 4.12. The number of hydrogen-bond acceptors (Lipinski definition) is 5. The Balaban J connectivity index is 0. The normalized spacial score (nSPS) is 11.8. The zero-order valence-electron chi connectivity index (χ0n) is 10.6. The number of benzene rings is 1. The Morgan fingerprint density at radius 1 is 1.25 bits per heavy atom. The molecule has 4 N–H and O–H groups in total. The number of rotatable bonds is 4. The molecule has 0 spiro atoms. The topological polar surface area (TPSA) is 144 Å². The standard InChI is InChI=1S/C6H6ClFN2O7S2.Na.H/c7-3-1-4(8)5(2-6(3)11)10(19(15,16)17)9-18(12,13)14;;/h1-2,9,11H,(H,12,13,14)(H,15,16,17);;/q;+1;-1. The largest absolute Gasteiger partial charge is 1.00 e. The summed E-state index contributed by atoms with van der Waals surface area (Å²) in [4.78, 5) is 0.929. The molecule has 20 heavy (non-hydrogen) atoms. The molecule has 0 aromatic heterocycles. The molecule has 1 aromatic carbocycles. The van der Waals surface area contributed by atoms with Crippen LogP contribution in [-0.4, -0.2) is 31.0 Å². The minimum absolute atomic E-state index is 0. The molecule has 0 saturated carbocycles. The van der Waals surface area contributed by atoms with E-state index in [-0.39, 0.29) is 31.0 Å². The second kappa shape index (κ2) is 6.72. The fourth-order valence-electron chi connectivity index (χ4n) is 1.01. The zero-order chi connectivity index (χ0) is 15.0. The van der Waals surface area contributed by atoms with Crippen molar-refractivity contribution in [3.05, 3.63) is 23.0 Å². The molecule has 0 aliphatic heterocycles. The maximum absolute atomic E-state index is 13.5. The Hall–Kier alpha value is -0.180. The van der Waals surface area contributed by atoms with Gasteiger partial charge < -0.3 is 6.53 Å². The van der Waals surface area contributed by atoms with Gasteiger partial charge in [0.2, 0.25) is 0 Å². The number of phenols is 1. The van der Waals surface area contributed by atoms with E-state index in [2.05, 4.69) is 0 Å². The Bertz CT molecular complexity index is 716. The first-order chi connectivity index (χ1) is 8.42. The summed E-state index contributed by atoms with van der Waals surface area (Å²) in [5, 5.41) is 8.71. The number of halogens is 2. The molecule has 0 radical (unpaired) electrons. The number of hydrogen-bond donors (Lipinski definition) is 4. The molecule has 0 bridgehead atoms. The van der Waals surface area contributed by atoms with Gasteiger partial charge in [0.05, 0.1) is 5.02 Å². The number of anilines is 1. The summed E-state index contributed by atoms with van der Waals surface area (Å²) in [5.74, 6) is -2.18. The van der Waals surface area contributed by atoms with Gasteiger partial charge >= 0.3 is 50.2 Å². The summed E-state index contributed by atoms with van der Waals surface area (Å²) in [6, 6.07) is 0.889. The van der Waals surface area contributed by atoms with Gasteiger partial charge in [0.15, 0.2) is 5.82 Å². The van der Waals surface area contributed by atoms with Crippen molar-refractivity contribution in [1.29, 1.82) is 0 Å². The van der Waals surface area contributed by atoms with Crippen molar-refractivity contribution in [2.45, 2.75) is 0 Å². The van der Waals surface area contributed by atoms with Crippen molar-refractivity contribution < 1.29 is 66.4 Å². The molecule has 0 unspecified atom stereocenters. The summed E-state index contributed by atoms with van der Waals surface area (Å²) in [5.41, 5.74) is -1.11. The third-order valence-electron chi connectivity index (χ3n) is 1.66. The molecule has 0 aliphatic rings. The van der Waals surface area contributed by atoms with Crippen molar-refractivity contribution in [3.63, 3.8) is 0 Å². The van der Waals surface area contributed by atoms with Crippen LogP contribution in [0.2, 0.25) is 5.02 Å². The van der Waals surface area contributed by atoms with Crippen LogP contribution in [0.1, 0.15) is 1.43 Å². The first-order valence-corrected chi connectivity index (χ1v) is 7.34. The van der Waals surface area contributed by atoms with Crippen LogP contribution in [0.15, 0.2) is 12.1 Å². The van der Waals surface area contributed by atoms with Gasteiger partial charge in [-0.3, -0.25) is 9.11 Å². The minimum atomic E-state index is -5.31. The Morgan fingerprint density at radius 2 is 1.75 bits per heavy atom. The maximum Gasteiger partial charge on any atom is 1.00 e. The summed E-state index contributed by atoms with van der Waals surface area (Å²) in [7, 11) is -10.5. The van der Waals surface area contributed by atoms with Gasteiger partial charge in [0.25, 0.3) is 0 Å². The monoisotopic (exact) mass is 360 g/mol. The average molecular weight is 361 g/mol. The molecule has 0 saturated heterocycles. The average Bonchev–Trinajstić information content (AvgIpc) is 2.17. The van der Waals surface area contributed by atoms with Crippen LogP contribution < -0.4 is 38.8 Å². The van der Waals surface area contributed by atoms with E-state index < -0.39 is 47.3 Å². The fraction of sp³-hybridized carbons (Fsp3) is 0. The molecule has 14 heteroatoms. The molecule has 0 amide bonds. The molecule has 0 aliphatic carbocycles. The second-order valence-electron chi connectivity index (χ2n) is 3.06. The van der Waals surface area contributed by atoms with E-state index in [4.69, 9.17) is 20.7 Å². The van der Waals surface area contributed by atoms with Gasteiger partial charge in [-0.05, 0) is 6.07 Å². The summed E-state index contributed by atoms with van der Waals surface area (Å²) in [6.45, 7) is 0. The van der Waals surface area contributed by atoms with Gasteiger partial charge in [-0.1, -0.05) is 16.4 Å². The summed E-state index contributed by atoms with van der Waals surface area (Å²) < 4.78 is 73.0. The van der Waals surface area contributed by atoms with Crippen molar-refractivity contribution in [2.24, 2.45) is 0 Å². The van der Waals surface area contributed by atoms with Crippen molar-refractivity contribution in [2.75, 3.05) is 4.41 Å². The van der Waals surface area contributed by atoms with E-state index in [9.17, 15) is 26.3 Å². The molecule has 1 rings (SSSR count). The molecule has 9 nitrogen and oxygen atoms in total.